The van der Waals surface area contributed by atoms with E-state index < -0.39 is 0 Å². The first-order chi connectivity index (χ1) is 10.2. The molecule has 7 heteroatoms. The van der Waals surface area contributed by atoms with Crippen LogP contribution in [0.15, 0.2) is 40.2 Å². The molecule has 0 fully saturated rings. The summed E-state index contributed by atoms with van der Waals surface area (Å²) < 4.78 is 9.93. The van der Waals surface area contributed by atoms with Crippen LogP contribution in [0.2, 0.25) is 0 Å². The minimum absolute atomic E-state index is 0.597. The molecule has 0 aromatic carbocycles. The summed E-state index contributed by atoms with van der Waals surface area (Å²) in [7, 11) is 5.29. The molecule has 21 heavy (non-hydrogen) atoms. The van der Waals surface area contributed by atoms with Gasteiger partial charge in [-0.2, -0.15) is 0 Å². The van der Waals surface area contributed by atoms with E-state index in [9.17, 15) is 0 Å². The van der Waals surface area contributed by atoms with Crippen LogP contribution in [0.4, 0.5) is 0 Å². The van der Waals surface area contributed by atoms with Crippen molar-refractivity contribution in [1.82, 2.24) is 20.4 Å². The van der Waals surface area contributed by atoms with Crippen molar-refractivity contribution in [2.45, 2.75) is 13.1 Å². The van der Waals surface area contributed by atoms with Gasteiger partial charge in [0, 0.05) is 39.0 Å². The molecule has 0 amide bonds. The van der Waals surface area contributed by atoms with Crippen molar-refractivity contribution in [1.29, 1.82) is 0 Å². The summed E-state index contributed by atoms with van der Waals surface area (Å²) in [5.74, 6) is 1.37. The monoisotopic (exact) mass is 289 g/mol. The van der Waals surface area contributed by atoms with Gasteiger partial charge in [0.1, 0.15) is 12.0 Å². The van der Waals surface area contributed by atoms with Crippen LogP contribution in [-0.4, -0.2) is 42.2 Å². The highest BCUT2D eigenvalue weighted by molar-refractivity contribution is 5.79. The summed E-state index contributed by atoms with van der Waals surface area (Å²) in [4.78, 5) is 10.3. The van der Waals surface area contributed by atoms with Gasteiger partial charge in [-0.15, -0.1) is 0 Å². The molecule has 0 aliphatic rings. The quantitative estimate of drug-likeness (QED) is 0.660. The molecular formula is C14H19N5O2. The lowest BCUT2D eigenvalue weighted by atomic mass is 10.2. The van der Waals surface area contributed by atoms with Crippen molar-refractivity contribution in [3.8, 4) is 5.88 Å². The Kier molecular flexibility index (Phi) is 5.14. The third-order valence-electron chi connectivity index (χ3n) is 2.92. The number of rotatable bonds is 5. The van der Waals surface area contributed by atoms with Gasteiger partial charge in [0.15, 0.2) is 5.96 Å². The van der Waals surface area contributed by atoms with E-state index in [0.29, 0.717) is 19.0 Å². The maximum absolute atomic E-state index is 5.11. The average Bonchev–Trinajstić information content (AvgIpc) is 3.01. The van der Waals surface area contributed by atoms with E-state index in [-0.39, 0.29) is 0 Å². The molecule has 0 radical (unpaired) electrons. The van der Waals surface area contributed by atoms with Crippen LogP contribution in [0.5, 0.6) is 5.88 Å². The Morgan fingerprint density at radius 2 is 2.33 bits per heavy atom. The molecule has 2 aromatic rings. The molecule has 0 spiro atoms. The average molecular weight is 289 g/mol. The fraction of sp³-hybridized carbons (Fsp3) is 0.357. The lowest BCUT2D eigenvalue weighted by molar-refractivity contribution is 0.390. The van der Waals surface area contributed by atoms with Crippen molar-refractivity contribution < 1.29 is 9.26 Å². The normalized spacial score (nSPS) is 11.3. The number of hydrogen-bond donors (Lipinski definition) is 1. The molecule has 0 atom stereocenters. The molecule has 0 saturated carbocycles. The lowest BCUT2D eigenvalue weighted by Crippen LogP contribution is -2.38. The minimum Gasteiger partial charge on any atom is -0.481 e. The number of pyridine rings is 1. The molecule has 112 valence electrons. The predicted molar refractivity (Wildman–Crippen MR) is 79.0 cm³/mol. The zero-order valence-electron chi connectivity index (χ0n) is 12.4. The number of nitrogens with zero attached hydrogens (tertiary/aromatic N) is 4. The predicted octanol–water partition coefficient (Wildman–Crippen LogP) is 1.29. The summed E-state index contributed by atoms with van der Waals surface area (Å²) in [6, 6.07) is 5.65. The van der Waals surface area contributed by atoms with Crippen LogP contribution in [0, 0.1) is 0 Å². The minimum atomic E-state index is 0.597. The number of nitrogens with one attached hydrogen (secondary N) is 1. The summed E-state index contributed by atoms with van der Waals surface area (Å²) >= 11 is 0. The number of aromatic nitrogens is 2. The molecule has 0 bridgehead atoms. The highest BCUT2D eigenvalue weighted by Gasteiger charge is 2.08. The Balaban J connectivity index is 1.92. The molecule has 2 aromatic heterocycles. The van der Waals surface area contributed by atoms with E-state index in [0.717, 1.165) is 17.2 Å². The first-order valence-corrected chi connectivity index (χ1v) is 6.53. The van der Waals surface area contributed by atoms with Gasteiger partial charge in [-0.3, -0.25) is 4.99 Å². The molecule has 0 saturated heterocycles. The summed E-state index contributed by atoms with van der Waals surface area (Å²) in [6.07, 6.45) is 3.28. The zero-order valence-corrected chi connectivity index (χ0v) is 12.4. The summed E-state index contributed by atoms with van der Waals surface area (Å²) in [5.41, 5.74) is 1.92. The third kappa shape index (κ3) is 4.20. The Morgan fingerprint density at radius 1 is 1.48 bits per heavy atom. The number of methoxy groups -OCH3 is 1. The van der Waals surface area contributed by atoms with Crippen LogP contribution >= 0.6 is 0 Å². The van der Waals surface area contributed by atoms with Crippen LogP contribution in [0.3, 0.4) is 0 Å². The van der Waals surface area contributed by atoms with Gasteiger partial charge in [0.25, 0.3) is 0 Å². The molecule has 0 aliphatic carbocycles. The van der Waals surface area contributed by atoms with Gasteiger partial charge in [-0.05, 0) is 11.6 Å². The number of aliphatic imine (C=N–C) groups is 1. The van der Waals surface area contributed by atoms with E-state index in [1.165, 1.54) is 0 Å². The van der Waals surface area contributed by atoms with E-state index >= 15 is 0 Å². The van der Waals surface area contributed by atoms with Crippen molar-refractivity contribution in [2.75, 3.05) is 21.2 Å². The third-order valence-corrected chi connectivity index (χ3v) is 2.92. The molecule has 0 aliphatic heterocycles. The molecule has 1 N–H and O–H groups in total. The number of ether oxygens (including phenoxy) is 1. The Labute approximate surface area is 123 Å². The molecular weight excluding hydrogens is 270 g/mol. The topological polar surface area (TPSA) is 75.8 Å². The van der Waals surface area contributed by atoms with Crippen molar-refractivity contribution in [3.05, 3.63) is 41.9 Å². The SMILES string of the molecule is CN=C(NCc1ccnc(OC)c1)N(C)Cc1ccon1. The summed E-state index contributed by atoms with van der Waals surface area (Å²) in [6.45, 7) is 1.25. The fourth-order valence-electron chi connectivity index (χ4n) is 1.87. The highest BCUT2D eigenvalue weighted by atomic mass is 16.5. The summed E-state index contributed by atoms with van der Waals surface area (Å²) in [5, 5.41) is 7.17. The second-order valence-electron chi connectivity index (χ2n) is 4.45. The number of guanidine groups is 1. The van der Waals surface area contributed by atoms with Gasteiger partial charge in [-0.1, -0.05) is 5.16 Å². The maximum Gasteiger partial charge on any atom is 0.213 e. The largest absolute Gasteiger partial charge is 0.481 e. The Bertz CT molecular complexity index is 583. The first-order valence-electron chi connectivity index (χ1n) is 6.53. The molecule has 7 nitrogen and oxygen atoms in total. The van der Waals surface area contributed by atoms with Crippen LogP contribution in [0.1, 0.15) is 11.3 Å². The smallest absolute Gasteiger partial charge is 0.213 e. The number of hydrogen-bond acceptors (Lipinski definition) is 5. The van der Waals surface area contributed by atoms with Crippen molar-refractivity contribution in [3.63, 3.8) is 0 Å². The van der Waals surface area contributed by atoms with Crippen molar-refractivity contribution >= 4 is 5.96 Å². The standard InChI is InChI=1S/C14H19N5O2/c1-15-14(19(2)10-12-5-7-21-18-12)17-9-11-4-6-16-13(8-11)20-3/h4-8H,9-10H2,1-3H3,(H,15,17). The Hall–Kier alpha value is -2.57. The zero-order chi connectivity index (χ0) is 15.1. The van der Waals surface area contributed by atoms with Crippen LogP contribution < -0.4 is 10.1 Å². The van der Waals surface area contributed by atoms with Gasteiger partial charge < -0.3 is 19.5 Å². The second-order valence-corrected chi connectivity index (χ2v) is 4.45. The fourth-order valence-corrected chi connectivity index (χ4v) is 1.87. The Morgan fingerprint density at radius 3 is 3.00 bits per heavy atom. The van der Waals surface area contributed by atoms with E-state index in [2.05, 4.69) is 20.4 Å². The second kappa shape index (κ2) is 7.28. The van der Waals surface area contributed by atoms with Crippen LogP contribution in [-0.2, 0) is 13.1 Å². The van der Waals surface area contributed by atoms with E-state index in [1.54, 1.807) is 26.6 Å². The van der Waals surface area contributed by atoms with E-state index in [1.807, 2.05) is 30.1 Å². The van der Waals surface area contributed by atoms with Gasteiger partial charge in [0.2, 0.25) is 5.88 Å². The van der Waals surface area contributed by atoms with E-state index in [4.69, 9.17) is 9.26 Å². The van der Waals surface area contributed by atoms with Gasteiger partial charge >= 0.3 is 0 Å². The van der Waals surface area contributed by atoms with Crippen LogP contribution in [0.25, 0.3) is 0 Å². The maximum atomic E-state index is 5.11. The molecule has 0 unspecified atom stereocenters. The highest BCUT2D eigenvalue weighted by Crippen LogP contribution is 2.08. The lowest BCUT2D eigenvalue weighted by Gasteiger charge is -2.21. The molecule has 2 heterocycles. The van der Waals surface area contributed by atoms with Crippen molar-refractivity contribution in [2.24, 2.45) is 4.99 Å². The van der Waals surface area contributed by atoms with Gasteiger partial charge in [-0.25, -0.2) is 4.98 Å². The first kappa shape index (κ1) is 14.8. The van der Waals surface area contributed by atoms with Gasteiger partial charge in [0.05, 0.1) is 13.7 Å². The molecule has 2 rings (SSSR count).